The van der Waals surface area contributed by atoms with Crippen molar-refractivity contribution in [3.63, 3.8) is 0 Å². The normalized spacial score (nSPS) is 10.2. The fraction of sp³-hybridized carbons (Fsp3) is 0.263. The molecule has 0 fully saturated rings. The molecule has 2 N–H and O–H groups in total. The van der Waals surface area contributed by atoms with Crippen molar-refractivity contribution in [3.05, 3.63) is 57.1 Å². The number of amides is 2. The SMILES string of the molecule is CCCC(=O)Nc1ccc(Cl)c(NC(=O)c2ccc(OCC)c([N+](=O)[O-])c2)c1. The van der Waals surface area contributed by atoms with Gasteiger partial charge in [-0.3, -0.25) is 19.7 Å². The van der Waals surface area contributed by atoms with Crippen LogP contribution in [0, 0.1) is 10.1 Å². The van der Waals surface area contributed by atoms with Gasteiger partial charge in [0.1, 0.15) is 0 Å². The maximum atomic E-state index is 12.5. The number of hydrogen-bond acceptors (Lipinski definition) is 5. The molecule has 148 valence electrons. The van der Waals surface area contributed by atoms with Gasteiger partial charge in [-0.25, -0.2) is 0 Å². The van der Waals surface area contributed by atoms with E-state index in [9.17, 15) is 19.7 Å². The molecule has 0 aliphatic heterocycles. The van der Waals surface area contributed by atoms with Crippen LogP contribution in [-0.4, -0.2) is 23.3 Å². The summed E-state index contributed by atoms with van der Waals surface area (Å²) in [5.74, 6) is -0.642. The van der Waals surface area contributed by atoms with E-state index in [4.69, 9.17) is 16.3 Å². The molecule has 0 aliphatic carbocycles. The summed E-state index contributed by atoms with van der Waals surface area (Å²) in [5, 5.41) is 16.8. The predicted molar refractivity (Wildman–Crippen MR) is 107 cm³/mol. The van der Waals surface area contributed by atoms with Crippen LogP contribution in [0.5, 0.6) is 5.75 Å². The minimum Gasteiger partial charge on any atom is -0.487 e. The molecule has 0 radical (unpaired) electrons. The first-order valence-electron chi connectivity index (χ1n) is 8.67. The highest BCUT2D eigenvalue weighted by Crippen LogP contribution is 2.30. The minimum atomic E-state index is -0.612. The maximum Gasteiger partial charge on any atom is 0.311 e. The van der Waals surface area contributed by atoms with Gasteiger partial charge in [-0.2, -0.15) is 0 Å². The van der Waals surface area contributed by atoms with E-state index >= 15 is 0 Å². The number of halogens is 1. The van der Waals surface area contributed by atoms with Gasteiger partial charge >= 0.3 is 5.69 Å². The molecule has 2 rings (SSSR count). The zero-order valence-corrected chi connectivity index (χ0v) is 16.2. The van der Waals surface area contributed by atoms with Gasteiger partial charge in [-0.15, -0.1) is 0 Å². The zero-order chi connectivity index (χ0) is 20.7. The van der Waals surface area contributed by atoms with Crippen molar-refractivity contribution in [3.8, 4) is 5.75 Å². The van der Waals surface area contributed by atoms with Crippen molar-refractivity contribution in [2.24, 2.45) is 0 Å². The summed E-state index contributed by atoms with van der Waals surface area (Å²) in [7, 11) is 0. The fourth-order valence-corrected chi connectivity index (χ4v) is 2.59. The first-order chi connectivity index (χ1) is 13.3. The Hall–Kier alpha value is -3.13. The smallest absolute Gasteiger partial charge is 0.311 e. The Kier molecular flexibility index (Phi) is 7.34. The number of carbonyl (C=O) groups excluding carboxylic acids is 2. The fourth-order valence-electron chi connectivity index (χ4n) is 2.42. The summed E-state index contributed by atoms with van der Waals surface area (Å²) in [6.07, 6.45) is 1.08. The highest BCUT2D eigenvalue weighted by molar-refractivity contribution is 6.34. The Balaban J connectivity index is 2.23. The Morgan fingerprint density at radius 3 is 2.54 bits per heavy atom. The maximum absolute atomic E-state index is 12.5. The first-order valence-corrected chi connectivity index (χ1v) is 9.05. The summed E-state index contributed by atoms with van der Waals surface area (Å²) in [4.78, 5) is 34.9. The van der Waals surface area contributed by atoms with Crippen LogP contribution < -0.4 is 15.4 Å². The standard InChI is InChI=1S/C19H20ClN3O5/c1-3-5-18(24)21-13-7-8-14(20)15(11-13)22-19(25)12-6-9-17(28-4-2)16(10-12)23(26)27/h6-11H,3-5H2,1-2H3,(H,21,24)(H,22,25). The molecule has 2 amide bonds. The van der Waals surface area contributed by atoms with Crippen molar-refractivity contribution < 1.29 is 19.2 Å². The number of nitrogens with one attached hydrogen (secondary N) is 2. The van der Waals surface area contributed by atoms with E-state index in [1.807, 2.05) is 6.92 Å². The third-order valence-corrected chi connectivity index (χ3v) is 4.02. The molecule has 0 aliphatic rings. The van der Waals surface area contributed by atoms with Crippen molar-refractivity contribution >= 4 is 40.5 Å². The average Bonchev–Trinajstić information content (AvgIpc) is 2.65. The molecule has 9 heteroatoms. The van der Waals surface area contributed by atoms with Crippen LogP contribution in [-0.2, 0) is 4.79 Å². The van der Waals surface area contributed by atoms with Crippen LogP contribution in [0.2, 0.25) is 5.02 Å². The van der Waals surface area contributed by atoms with Crippen LogP contribution in [0.25, 0.3) is 0 Å². The van der Waals surface area contributed by atoms with Gasteiger partial charge in [0.05, 0.1) is 22.2 Å². The topological polar surface area (TPSA) is 111 Å². The molecular formula is C19H20ClN3O5. The van der Waals surface area contributed by atoms with Crippen LogP contribution in [0.1, 0.15) is 37.0 Å². The summed E-state index contributed by atoms with van der Waals surface area (Å²) < 4.78 is 5.21. The molecule has 8 nitrogen and oxygen atoms in total. The number of nitro groups is 1. The summed E-state index contributed by atoms with van der Waals surface area (Å²) in [6, 6.07) is 8.62. The van der Waals surface area contributed by atoms with Crippen LogP contribution >= 0.6 is 11.6 Å². The lowest BCUT2D eigenvalue weighted by Crippen LogP contribution is -2.14. The molecule has 2 aromatic rings. The molecule has 0 heterocycles. The van der Waals surface area contributed by atoms with E-state index in [-0.39, 0.29) is 40.2 Å². The predicted octanol–water partition coefficient (Wildman–Crippen LogP) is 4.64. The van der Waals surface area contributed by atoms with Crippen LogP contribution in [0.15, 0.2) is 36.4 Å². The van der Waals surface area contributed by atoms with E-state index in [2.05, 4.69) is 10.6 Å². The highest BCUT2D eigenvalue weighted by atomic mass is 35.5. The lowest BCUT2D eigenvalue weighted by atomic mass is 10.1. The number of hydrogen-bond donors (Lipinski definition) is 2. The number of benzene rings is 2. The number of ether oxygens (including phenoxy) is 1. The first kappa shape index (κ1) is 21.2. The lowest BCUT2D eigenvalue weighted by molar-refractivity contribution is -0.385. The lowest BCUT2D eigenvalue weighted by Gasteiger charge is -2.11. The monoisotopic (exact) mass is 405 g/mol. The molecule has 0 bridgehead atoms. The van der Waals surface area contributed by atoms with Gasteiger partial charge in [0.15, 0.2) is 5.75 Å². The third-order valence-electron chi connectivity index (χ3n) is 3.69. The minimum absolute atomic E-state index is 0.0756. The molecular weight excluding hydrogens is 386 g/mol. The van der Waals surface area contributed by atoms with E-state index in [0.29, 0.717) is 18.5 Å². The third kappa shape index (κ3) is 5.43. The Labute approximate surface area is 167 Å². The van der Waals surface area contributed by atoms with Crippen molar-refractivity contribution in [2.45, 2.75) is 26.7 Å². The van der Waals surface area contributed by atoms with Gasteiger partial charge in [0.2, 0.25) is 5.91 Å². The number of anilines is 2. The summed E-state index contributed by atoms with van der Waals surface area (Å²) in [6.45, 7) is 3.86. The van der Waals surface area contributed by atoms with Gasteiger partial charge in [-0.1, -0.05) is 18.5 Å². The highest BCUT2D eigenvalue weighted by Gasteiger charge is 2.19. The van der Waals surface area contributed by atoms with Gasteiger partial charge in [-0.05, 0) is 43.7 Å². The Morgan fingerprint density at radius 2 is 1.89 bits per heavy atom. The van der Waals surface area contributed by atoms with E-state index in [0.717, 1.165) is 6.07 Å². The number of rotatable bonds is 8. The number of nitro benzene ring substituents is 1. The van der Waals surface area contributed by atoms with E-state index in [1.54, 1.807) is 19.1 Å². The van der Waals surface area contributed by atoms with E-state index in [1.165, 1.54) is 18.2 Å². The van der Waals surface area contributed by atoms with Crippen molar-refractivity contribution in [1.82, 2.24) is 0 Å². The molecule has 0 spiro atoms. The largest absolute Gasteiger partial charge is 0.487 e. The van der Waals surface area contributed by atoms with Crippen molar-refractivity contribution in [2.75, 3.05) is 17.2 Å². The van der Waals surface area contributed by atoms with Crippen molar-refractivity contribution in [1.29, 1.82) is 0 Å². The van der Waals surface area contributed by atoms with Crippen LogP contribution in [0.4, 0.5) is 17.1 Å². The summed E-state index contributed by atoms with van der Waals surface area (Å²) >= 11 is 6.12. The van der Waals surface area contributed by atoms with Crippen LogP contribution in [0.3, 0.4) is 0 Å². The molecule has 28 heavy (non-hydrogen) atoms. The second-order valence-corrected chi connectivity index (χ2v) is 6.23. The molecule has 2 aromatic carbocycles. The molecule has 0 saturated heterocycles. The number of carbonyl (C=O) groups is 2. The number of nitrogens with zero attached hydrogens (tertiary/aromatic N) is 1. The quantitative estimate of drug-likeness (QED) is 0.491. The zero-order valence-electron chi connectivity index (χ0n) is 15.5. The average molecular weight is 406 g/mol. The molecule has 0 saturated carbocycles. The second-order valence-electron chi connectivity index (χ2n) is 5.82. The molecule has 0 atom stereocenters. The Bertz CT molecular complexity index is 901. The molecule has 0 unspecified atom stereocenters. The molecule has 0 aromatic heterocycles. The van der Waals surface area contributed by atoms with Gasteiger partial charge < -0.3 is 15.4 Å². The van der Waals surface area contributed by atoms with Gasteiger partial charge in [0, 0.05) is 23.7 Å². The van der Waals surface area contributed by atoms with E-state index < -0.39 is 10.8 Å². The Morgan fingerprint density at radius 1 is 1.14 bits per heavy atom. The summed E-state index contributed by atoms with van der Waals surface area (Å²) in [5.41, 5.74) is 0.529. The second kappa shape index (κ2) is 9.70. The van der Waals surface area contributed by atoms with Gasteiger partial charge in [0.25, 0.3) is 5.91 Å².